The summed E-state index contributed by atoms with van der Waals surface area (Å²) >= 11 is 0. The van der Waals surface area contributed by atoms with Gasteiger partial charge in [0.25, 0.3) is 5.91 Å². The number of hydrogen-bond donors (Lipinski definition) is 2. The molecule has 0 spiro atoms. The number of carbonyl (C=O) groups excluding carboxylic acids is 2. The van der Waals surface area contributed by atoms with Gasteiger partial charge in [0.2, 0.25) is 6.41 Å². The molecule has 1 aliphatic carbocycles. The van der Waals surface area contributed by atoms with Crippen molar-refractivity contribution in [1.82, 2.24) is 14.7 Å². The van der Waals surface area contributed by atoms with Crippen molar-refractivity contribution in [2.24, 2.45) is 5.73 Å². The van der Waals surface area contributed by atoms with Gasteiger partial charge in [-0.15, -0.1) is 0 Å². The standard InChI is InChI=1S/C21H24N4O3/c1-21(28,11-12-24(2)14-26)10-9-15-5-3-6-16(13-15)25-18-8-4-7-17(18)19(23-25)20(22)27/h3,5-6,13-14,28H,4,7-8,11-12H2,1-2H3,(H2,22,27)/t21-/m0/s1. The Morgan fingerprint density at radius 1 is 1.46 bits per heavy atom. The highest BCUT2D eigenvalue weighted by atomic mass is 16.3. The van der Waals surface area contributed by atoms with Gasteiger partial charge in [-0.3, -0.25) is 9.59 Å². The van der Waals surface area contributed by atoms with Crippen LogP contribution >= 0.6 is 0 Å². The molecule has 28 heavy (non-hydrogen) atoms. The minimum Gasteiger partial charge on any atom is -0.378 e. The van der Waals surface area contributed by atoms with E-state index in [0.29, 0.717) is 18.7 Å². The SMILES string of the molecule is CN(C=O)CC[C@@](C)(O)C#Cc1cccc(-n2nc(C(N)=O)c3c2CCC3)c1. The molecule has 1 atom stereocenters. The van der Waals surface area contributed by atoms with Crippen LogP contribution in [-0.2, 0) is 17.6 Å². The largest absolute Gasteiger partial charge is 0.378 e. The van der Waals surface area contributed by atoms with E-state index >= 15 is 0 Å². The van der Waals surface area contributed by atoms with Crippen LogP contribution in [0.2, 0.25) is 0 Å². The first-order chi connectivity index (χ1) is 13.3. The monoisotopic (exact) mass is 380 g/mol. The van der Waals surface area contributed by atoms with Crippen molar-refractivity contribution in [2.75, 3.05) is 13.6 Å². The maximum absolute atomic E-state index is 11.7. The van der Waals surface area contributed by atoms with Crippen molar-refractivity contribution in [3.63, 3.8) is 0 Å². The number of rotatable bonds is 6. The van der Waals surface area contributed by atoms with Crippen molar-refractivity contribution < 1.29 is 14.7 Å². The van der Waals surface area contributed by atoms with Crippen LogP contribution in [0.4, 0.5) is 0 Å². The molecule has 0 fully saturated rings. The number of hydrogen-bond acceptors (Lipinski definition) is 4. The second-order valence-corrected chi connectivity index (χ2v) is 7.31. The van der Waals surface area contributed by atoms with Crippen LogP contribution in [0.5, 0.6) is 0 Å². The summed E-state index contributed by atoms with van der Waals surface area (Å²) in [6.45, 7) is 2.04. The third kappa shape index (κ3) is 4.24. The number of benzene rings is 1. The second kappa shape index (κ2) is 7.87. The van der Waals surface area contributed by atoms with Crippen molar-refractivity contribution in [1.29, 1.82) is 0 Å². The molecule has 0 saturated carbocycles. The van der Waals surface area contributed by atoms with Gasteiger partial charge in [-0.05, 0) is 44.4 Å². The first kappa shape index (κ1) is 19.6. The van der Waals surface area contributed by atoms with Gasteiger partial charge in [-0.2, -0.15) is 5.10 Å². The predicted octanol–water partition coefficient (Wildman–Crippen LogP) is 1.04. The maximum atomic E-state index is 11.7. The van der Waals surface area contributed by atoms with E-state index in [4.69, 9.17) is 5.73 Å². The Morgan fingerprint density at radius 3 is 2.96 bits per heavy atom. The molecule has 7 heteroatoms. The summed E-state index contributed by atoms with van der Waals surface area (Å²) < 4.78 is 1.77. The maximum Gasteiger partial charge on any atom is 0.269 e. The van der Waals surface area contributed by atoms with Crippen molar-refractivity contribution in [2.45, 2.75) is 38.2 Å². The van der Waals surface area contributed by atoms with E-state index < -0.39 is 11.5 Å². The van der Waals surface area contributed by atoms with Gasteiger partial charge < -0.3 is 15.7 Å². The summed E-state index contributed by atoms with van der Waals surface area (Å²) in [6, 6.07) is 7.49. The number of carbonyl (C=O) groups is 2. The fourth-order valence-corrected chi connectivity index (χ4v) is 3.28. The minimum absolute atomic E-state index is 0.339. The number of aliphatic hydroxyl groups is 1. The fraction of sp³-hybridized carbons (Fsp3) is 0.381. The second-order valence-electron chi connectivity index (χ2n) is 7.31. The summed E-state index contributed by atoms with van der Waals surface area (Å²) in [5, 5.41) is 14.8. The van der Waals surface area contributed by atoms with E-state index in [-0.39, 0.29) is 0 Å². The van der Waals surface area contributed by atoms with Crippen LogP contribution in [0.1, 0.15) is 47.1 Å². The van der Waals surface area contributed by atoms with Crippen LogP contribution in [0.3, 0.4) is 0 Å². The molecule has 2 amide bonds. The molecule has 3 rings (SSSR count). The van der Waals surface area contributed by atoms with E-state index in [9.17, 15) is 14.7 Å². The topological polar surface area (TPSA) is 101 Å². The fourth-order valence-electron chi connectivity index (χ4n) is 3.28. The Labute approximate surface area is 164 Å². The first-order valence-electron chi connectivity index (χ1n) is 9.23. The summed E-state index contributed by atoms with van der Waals surface area (Å²) in [4.78, 5) is 23.8. The Bertz CT molecular complexity index is 966. The number of nitrogens with two attached hydrogens (primary N) is 1. The smallest absolute Gasteiger partial charge is 0.269 e. The first-order valence-corrected chi connectivity index (χ1v) is 9.23. The number of aromatic nitrogens is 2. The highest BCUT2D eigenvalue weighted by Gasteiger charge is 2.25. The summed E-state index contributed by atoms with van der Waals surface area (Å²) in [5.41, 5.74) is 8.09. The van der Waals surface area contributed by atoms with Gasteiger partial charge in [0, 0.05) is 36.8 Å². The van der Waals surface area contributed by atoms with E-state index in [0.717, 1.165) is 48.2 Å². The molecular formula is C21H24N4O3. The van der Waals surface area contributed by atoms with Gasteiger partial charge >= 0.3 is 0 Å². The number of nitrogens with zero attached hydrogens (tertiary/aromatic N) is 3. The molecule has 1 aromatic carbocycles. The molecule has 0 bridgehead atoms. The molecule has 0 unspecified atom stereocenters. The lowest BCUT2D eigenvalue weighted by atomic mass is 10.0. The lowest BCUT2D eigenvalue weighted by Crippen LogP contribution is -2.29. The van der Waals surface area contributed by atoms with Crippen LogP contribution in [-0.4, -0.2) is 51.3 Å². The van der Waals surface area contributed by atoms with Crippen molar-refractivity contribution in [3.8, 4) is 17.5 Å². The average Bonchev–Trinajstić information content (AvgIpc) is 3.27. The van der Waals surface area contributed by atoms with E-state index in [1.54, 1.807) is 18.7 Å². The van der Waals surface area contributed by atoms with Crippen LogP contribution in [0.15, 0.2) is 24.3 Å². The Kier molecular flexibility index (Phi) is 5.52. The minimum atomic E-state index is -1.21. The van der Waals surface area contributed by atoms with Crippen molar-refractivity contribution >= 4 is 12.3 Å². The van der Waals surface area contributed by atoms with E-state index in [1.807, 2.05) is 24.3 Å². The van der Waals surface area contributed by atoms with Crippen LogP contribution in [0.25, 0.3) is 5.69 Å². The lowest BCUT2D eigenvalue weighted by molar-refractivity contribution is -0.117. The van der Waals surface area contributed by atoms with Gasteiger partial charge in [0.05, 0.1) is 5.69 Å². The lowest BCUT2D eigenvalue weighted by Gasteiger charge is -2.19. The quantitative estimate of drug-likeness (QED) is 0.577. The van der Waals surface area contributed by atoms with E-state index in [2.05, 4.69) is 16.9 Å². The zero-order valence-corrected chi connectivity index (χ0v) is 16.1. The molecule has 7 nitrogen and oxygen atoms in total. The van der Waals surface area contributed by atoms with Crippen molar-refractivity contribution in [3.05, 3.63) is 46.8 Å². The molecule has 1 heterocycles. The van der Waals surface area contributed by atoms with Gasteiger partial charge in [0.15, 0.2) is 5.69 Å². The van der Waals surface area contributed by atoms with Gasteiger partial charge in [0.1, 0.15) is 5.60 Å². The third-order valence-electron chi connectivity index (χ3n) is 4.86. The van der Waals surface area contributed by atoms with Crippen LogP contribution < -0.4 is 5.73 Å². The third-order valence-corrected chi connectivity index (χ3v) is 4.86. The average molecular weight is 380 g/mol. The number of primary amides is 1. The molecule has 2 aromatic rings. The summed E-state index contributed by atoms with van der Waals surface area (Å²) in [7, 11) is 1.66. The highest BCUT2D eigenvalue weighted by molar-refractivity contribution is 5.92. The normalized spacial score (nSPS) is 14.5. The summed E-state index contributed by atoms with van der Waals surface area (Å²) in [6.07, 6.45) is 3.71. The zero-order chi connectivity index (χ0) is 20.3. The molecule has 1 aromatic heterocycles. The van der Waals surface area contributed by atoms with Gasteiger partial charge in [-0.1, -0.05) is 17.9 Å². The Morgan fingerprint density at radius 2 is 2.25 bits per heavy atom. The molecular weight excluding hydrogens is 356 g/mol. The Hall–Kier alpha value is -3.11. The number of amides is 2. The van der Waals surface area contributed by atoms with Gasteiger partial charge in [-0.25, -0.2) is 4.68 Å². The predicted molar refractivity (Wildman–Crippen MR) is 105 cm³/mol. The summed E-state index contributed by atoms with van der Waals surface area (Å²) in [5.74, 6) is 5.35. The van der Waals surface area contributed by atoms with Crippen LogP contribution in [0, 0.1) is 11.8 Å². The molecule has 3 N–H and O–H groups in total. The Balaban J connectivity index is 1.86. The van der Waals surface area contributed by atoms with E-state index in [1.165, 1.54) is 4.90 Å². The molecule has 1 aliphatic rings. The zero-order valence-electron chi connectivity index (χ0n) is 16.1. The molecule has 146 valence electrons. The molecule has 0 saturated heterocycles. The molecule has 0 radical (unpaired) electrons. The highest BCUT2D eigenvalue weighted by Crippen LogP contribution is 2.27. The molecule has 0 aliphatic heterocycles. The number of fused-ring (bicyclic) bond motifs is 1.